The van der Waals surface area contributed by atoms with Crippen molar-refractivity contribution in [2.75, 3.05) is 0 Å². The van der Waals surface area contributed by atoms with Gasteiger partial charge in [0.05, 0.1) is 5.56 Å². The van der Waals surface area contributed by atoms with Crippen LogP contribution in [0.15, 0.2) is 18.2 Å². The van der Waals surface area contributed by atoms with Gasteiger partial charge in [-0.3, -0.25) is 0 Å². The first kappa shape index (κ1) is 12.1. The average Bonchev–Trinajstić information content (AvgIpc) is 2.53. The van der Waals surface area contributed by atoms with Crippen LogP contribution in [0.3, 0.4) is 0 Å². The maximum Gasteiger partial charge on any atom is 0.338 e. The van der Waals surface area contributed by atoms with Gasteiger partial charge in [0.15, 0.2) is 0 Å². The van der Waals surface area contributed by atoms with Crippen molar-refractivity contribution in [2.24, 2.45) is 5.73 Å². The highest BCUT2D eigenvalue weighted by molar-refractivity contribution is 5.90. The third-order valence-electron chi connectivity index (χ3n) is 2.81. The molecule has 0 amide bonds. The predicted molar refractivity (Wildman–Crippen MR) is 67.0 cm³/mol. The Morgan fingerprint density at radius 2 is 1.94 bits per heavy atom. The van der Waals surface area contributed by atoms with Gasteiger partial charge < -0.3 is 10.5 Å². The second-order valence-electron chi connectivity index (χ2n) is 5.65. The molecule has 0 aromatic heterocycles. The number of nitrogens with two attached hydrogens (primary N) is 1. The van der Waals surface area contributed by atoms with Crippen molar-refractivity contribution in [1.82, 2.24) is 0 Å². The van der Waals surface area contributed by atoms with Gasteiger partial charge in [-0.25, -0.2) is 4.79 Å². The molecule has 1 atom stereocenters. The Hall–Kier alpha value is -1.35. The molecule has 0 heterocycles. The third-order valence-corrected chi connectivity index (χ3v) is 2.81. The smallest absolute Gasteiger partial charge is 0.338 e. The van der Waals surface area contributed by atoms with Gasteiger partial charge in [0.1, 0.15) is 5.60 Å². The second kappa shape index (κ2) is 4.15. The fraction of sp³-hybridized carbons (Fsp3) is 0.500. The monoisotopic (exact) mass is 233 g/mol. The zero-order valence-electron chi connectivity index (χ0n) is 10.6. The molecule has 17 heavy (non-hydrogen) atoms. The van der Waals surface area contributed by atoms with Crippen LogP contribution in [0.1, 0.15) is 42.3 Å². The van der Waals surface area contributed by atoms with Crippen LogP contribution in [0.25, 0.3) is 0 Å². The molecule has 0 saturated heterocycles. The summed E-state index contributed by atoms with van der Waals surface area (Å²) in [6.45, 7) is 5.61. The summed E-state index contributed by atoms with van der Waals surface area (Å²) in [5.41, 5.74) is 8.50. The van der Waals surface area contributed by atoms with E-state index in [1.54, 1.807) is 0 Å². The largest absolute Gasteiger partial charge is 0.456 e. The fourth-order valence-electron chi connectivity index (χ4n) is 2.12. The summed E-state index contributed by atoms with van der Waals surface area (Å²) in [6.07, 6.45) is 1.76. The number of ether oxygens (including phenoxy) is 1. The van der Waals surface area contributed by atoms with Crippen molar-refractivity contribution in [3.63, 3.8) is 0 Å². The highest BCUT2D eigenvalue weighted by Gasteiger charge is 2.22. The molecule has 1 aromatic rings. The van der Waals surface area contributed by atoms with Crippen molar-refractivity contribution in [2.45, 2.75) is 45.3 Å². The van der Waals surface area contributed by atoms with E-state index in [4.69, 9.17) is 10.5 Å². The summed E-state index contributed by atoms with van der Waals surface area (Å²) in [7, 11) is 0. The minimum atomic E-state index is -0.452. The van der Waals surface area contributed by atoms with Crippen LogP contribution in [-0.2, 0) is 17.6 Å². The van der Waals surface area contributed by atoms with Crippen LogP contribution < -0.4 is 5.73 Å². The number of rotatable bonds is 1. The molecule has 3 nitrogen and oxygen atoms in total. The molecule has 0 bridgehead atoms. The molecule has 3 heteroatoms. The zero-order valence-corrected chi connectivity index (χ0v) is 10.6. The first-order valence-electron chi connectivity index (χ1n) is 5.96. The van der Waals surface area contributed by atoms with E-state index in [1.807, 2.05) is 39.0 Å². The molecular formula is C14H19NO2. The quantitative estimate of drug-likeness (QED) is 0.755. The SMILES string of the molecule is CC(C)(C)OC(=O)c1ccc2c(c1)C[C@H](N)C2. The Balaban J connectivity index is 2.19. The van der Waals surface area contributed by atoms with E-state index in [0.29, 0.717) is 5.56 Å². The highest BCUT2D eigenvalue weighted by atomic mass is 16.6. The number of fused-ring (bicyclic) bond motifs is 1. The first-order chi connectivity index (χ1) is 7.85. The molecular weight excluding hydrogens is 214 g/mol. The lowest BCUT2D eigenvalue weighted by Crippen LogP contribution is -2.24. The number of carbonyl (C=O) groups excluding carboxylic acids is 1. The molecule has 0 unspecified atom stereocenters. The van der Waals surface area contributed by atoms with Crippen molar-refractivity contribution in [3.05, 3.63) is 34.9 Å². The van der Waals surface area contributed by atoms with E-state index < -0.39 is 5.60 Å². The van der Waals surface area contributed by atoms with Gasteiger partial charge in [0, 0.05) is 6.04 Å². The molecule has 0 fully saturated rings. The summed E-state index contributed by atoms with van der Waals surface area (Å²) in [6, 6.07) is 5.92. The van der Waals surface area contributed by atoms with Gasteiger partial charge >= 0.3 is 5.97 Å². The topological polar surface area (TPSA) is 52.3 Å². The van der Waals surface area contributed by atoms with Gasteiger partial charge in [-0.05, 0) is 56.9 Å². The van der Waals surface area contributed by atoms with E-state index in [9.17, 15) is 4.79 Å². The lowest BCUT2D eigenvalue weighted by atomic mass is 10.1. The number of hydrogen-bond donors (Lipinski definition) is 1. The van der Waals surface area contributed by atoms with E-state index >= 15 is 0 Å². The zero-order chi connectivity index (χ0) is 12.6. The summed E-state index contributed by atoms with van der Waals surface area (Å²) >= 11 is 0. The molecule has 1 aliphatic rings. The summed E-state index contributed by atoms with van der Waals surface area (Å²) < 4.78 is 5.34. The second-order valence-corrected chi connectivity index (χ2v) is 5.65. The molecule has 0 aliphatic heterocycles. The Labute approximate surface area is 102 Å². The molecule has 92 valence electrons. The summed E-state index contributed by atoms with van der Waals surface area (Å²) in [5.74, 6) is -0.263. The van der Waals surface area contributed by atoms with Crippen molar-refractivity contribution in [3.8, 4) is 0 Å². The Morgan fingerprint density at radius 1 is 1.29 bits per heavy atom. The van der Waals surface area contributed by atoms with Crippen molar-refractivity contribution < 1.29 is 9.53 Å². The Kier molecular flexibility index (Phi) is 2.96. The van der Waals surface area contributed by atoms with Crippen molar-refractivity contribution >= 4 is 5.97 Å². The number of carbonyl (C=O) groups is 1. The molecule has 0 spiro atoms. The molecule has 1 aliphatic carbocycles. The van der Waals surface area contributed by atoms with Gasteiger partial charge in [0.2, 0.25) is 0 Å². The standard InChI is InChI=1S/C14H19NO2/c1-14(2,3)17-13(16)10-5-4-9-7-12(15)8-11(9)6-10/h4-6,12H,7-8,15H2,1-3H3/t12-/m1/s1. The molecule has 2 N–H and O–H groups in total. The van der Waals surface area contributed by atoms with Gasteiger partial charge in [-0.15, -0.1) is 0 Å². The third kappa shape index (κ3) is 2.86. The van der Waals surface area contributed by atoms with Gasteiger partial charge in [0.25, 0.3) is 0 Å². The van der Waals surface area contributed by atoms with Crippen molar-refractivity contribution in [1.29, 1.82) is 0 Å². The van der Waals surface area contributed by atoms with Crippen LogP contribution in [-0.4, -0.2) is 17.6 Å². The number of esters is 1. The van der Waals surface area contributed by atoms with E-state index in [0.717, 1.165) is 12.8 Å². The normalized spacial score (nSPS) is 18.9. The minimum Gasteiger partial charge on any atom is -0.456 e. The van der Waals surface area contributed by atoms with Crippen LogP contribution >= 0.6 is 0 Å². The summed E-state index contributed by atoms with van der Waals surface area (Å²) in [4.78, 5) is 11.9. The predicted octanol–water partition coefficient (Wildman–Crippen LogP) is 2.07. The Bertz CT molecular complexity index is 446. The van der Waals surface area contributed by atoms with E-state index in [2.05, 4.69) is 0 Å². The molecule has 2 rings (SSSR count). The van der Waals surface area contributed by atoms with E-state index in [-0.39, 0.29) is 12.0 Å². The highest BCUT2D eigenvalue weighted by Crippen LogP contribution is 2.23. The number of benzene rings is 1. The van der Waals surface area contributed by atoms with Crippen LogP contribution in [0.5, 0.6) is 0 Å². The van der Waals surface area contributed by atoms with Gasteiger partial charge in [-0.1, -0.05) is 6.07 Å². The minimum absolute atomic E-state index is 0.193. The molecule has 0 radical (unpaired) electrons. The lowest BCUT2D eigenvalue weighted by molar-refractivity contribution is 0.00694. The maximum atomic E-state index is 11.9. The van der Waals surface area contributed by atoms with Gasteiger partial charge in [-0.2, -0.15) is 0 Å². The maximum absolute atomic E-state index is 11.9. The lowest BCUT2D eigenvalue weighted by Gasteiger charge is -2.19. The number of hydrogen-bond acceptors (Lipinski definition) is 3. The Morgan fingerprint density at radius 3 is 2.59 bits per heavy atom. The first-order valence-corrected chi connectivity index (χ1v) is 5.96. The summed E-state index contributed by atoms with van der Waals surface area (Å²) in [5, 5.41) is 0. The van der Waals surface area contributed by atoms with Crippen LogP contribution in [0.4, 0.5) is 0 Å². The molecule has 1 aromatic carbocycles. The van der Waals surface area contributed by atoms with Crippen LogP contribution in [0.2, 0.25) is 0 Å². The average molecular weight is 233 g/mol. The van der Waals surface area contributed by atoms with E-state index in [1.165, 1.54) is 11.1 Å². The van der Waals surface area contributed by atoms with Crippen LogP contribution in [0, 0.1) is 0 Å². The fourth-order valence-corrected chi connectivity index (χ4v) is 2.12. The molecule has 0 saturated carbocycles.